The van der Waals surface area contributed by atoms with Crippen LogP contribution in [0.2, 0.25) is 0 Å². The summed E-state index contributed by atoms with van der Waals surface area (Å²) in [5.41, 5.74) is 3.30. The summed E-state index contributed by atoms with van der Waals surface area (Å²) in [5.74, 6) is 0.896. The number of amides is 1. The maximum Gasteiger partial charge on any atom is 0.242 e. The maximum atomic E-state index is 12.9. The fraction of sp³-hybridized carbons (Fsp3) is 0.421. The number of benzene rings is 1. The molecule has 24 heavy (non-hydrogen) atoms. The Balaban J connectivity index is 1.62. The third-order valence-electron chi connectivity index (χ3n) is 4.75. The van der Waals surface area contributed by atoms with E-state index in [1.165, 1.54) is 5.56 Å². The second-order valence-corrected chi connectivity index (χ2v) is 6.71. The monoisotopic (exact) mass is 322 g/mol. The molecule has 2 aliphatic rings. The lowest BCUT2D eigenvalue weighted by molar-refractivity contribution is -0.127. The molecule has 1 amide bonds. The first-order valence-electron chi connectivity index (χ1n) is 8.61. The Morgan fingerprint density at radius 1 is 1.29 bits per heavy atom. The molecular formula is C19H22N4O. The van der Waals surface area contributed by atoms with Crippen LogP contribution in [0.25, 0.3) is 0 Å². The maximum absolute atomic E-state index is 12.9. The first-order valence-corrected chi connectivity index (χ1v) is 8.61. The van der Waals surface area contributed by atoms with Gasteiger partial charge in [-0.15, -0.1) is 0 Å². The van der Waals surface area contributed by atoms with Crippen LogP contribution < -0.4 is 5.32 Å². The highest BCUT2D eigenvalue weighted by Crippen LogP contribution is 2.29. The van der Waals surface area contributed by atoms with Gasteiger partial charge in [0.15, 0.2) is 0 Å². The molecule has 0 saturated heterocycles. The average Bonchev–Trinajstić information content (AvgIpc) is 3.39. The van der Waals surface area contributed by atoms with Crippen molar-refractivity contribution in [2.45, 2.75) is 44.8 Å². The van der Waals surface area contributed by atoms with Crippen LogP contribution in [0.1, 0.15) is 41.5 Å². The van der Waals surface area contributed by atoms with E-state index in [2.05, 4.69) is 20.2 Å². The predicted molar refractivity (Wildman–Crippen MR) is 91.2 cm³/mol. The zero-order valence-electron chi connectivity index (χ0n) is 13.9. The number of fused-ring (bicyclic) bond motifs is 1. The van der Waals surface area contributed by atoms with Crippen LogP contribution in [0.4, 0.5) is 0 Å². The van der Waals surface area contributed by atoms with Crippen LogP contribution in [0.3, 0.4) is 0 Å². The van der Waals surface area contributed by atoms with E-state index in [0.717, 1.165) is 42.9 Å². The van der Waals surface area contributed by atoms with E-state index in [1.807, 2.05) is 43.5 Å². The van der Waals surface area contributed by atoms with Crippen molar-refractivity contribution in [2.24, 2.45) is 0 Å². The zero-order valence-corrected chi connectivity index (χ0v) is 13.9. The lowest BCUT2D eigenvalue weighted by Gasteiger charge is -2.34. The summed E-state index contributed by atoms with van der Waals surface area (Å²) in [7, 11) is 0. The van der Waals surface area contributed by atoms with Crippen molar-refractivity contribution in [1.29, 1.82) is 0 Å². The van der Waals surface area contributed by atoms with Gasteiger partial charge >= 0.3 is 0 Å². The molecule has 5 heteroatoms. The van der Waals surface area contributed by atoms with Crippen molar-refractivity contribution in [3.05, 3.63) is 59.2 Å². The van der Waals surface area contributed by atoms with Gasteiger partial charge in [0.05, 0.1) is 5.69 Å². The Bertz CT molecular complexity index is 742. The highest BCUT2D eigenvalue weighted by molar-refractivity contribution is 5.83. The minimum absolute atomic E-state index is 0.109. The van der Waals surface area contributed by atoms with Gasteiger partial charge in [0.2, 0.25) is 5.91 Å². The highest BCUT2D eigenvalue weighted by Gasteiger charge is 2.34. The summed E-state index contributed by atoms with van der Waals surface area (Å²) >= 11 is 0. The Morgan fingerprint density at radius 2 is 2.08 bits per heavy atom. The molecule has 1 aliphatic carbocycles. The number of carbonyl (C=O) groups is 1. The molecule has 0 bridgehead atoms. The van der Waals surface area contributed by atoms with E-state index in [1.54, 1.807) is 0 Å². The normalized spacial score (nSPS) is 18.7. The van der Waals surface area contributed by atoms with Gasteiger partial charge in [0.25, 0.3) is 0 Å². The summed E-state index contributed by atoms with van der Waals surface area (Å²) in [6.45, 7) is 3.45. The largest absolute Gasteiger partial charge is 0.352 e. The Hall–Kier alpha value is -2.27. The van der Waals surface area contributed by atoms with E-state index in [0.29, 0.717) is 12.6 Å². The van der Waals surface area contributed by atoms with Gasteiger partial charge in [-0.2, -0.15) is 0 Å². The van der Waals surface area contributed by atoms with Gasteiger partial charge < -0.3 is 5.32 Å². The molecule has 0 unspecified atom stereocenters. The second-order valence-electron chi connectivity index (χ2n) is 6.71. The summed E-state index contributed by atoms with van der Waals surface area (Å²) in [6.07, 6.45) is 5.01. The summed E-state index contributed by atoms with van der Waals surface area (Å²) in [4.78, 5) is 24.0. The molecule has 1 aromatic carbocycles. The van der Waals surface area contributed by atoms with E-state index < -0.39 is 0 Å². The second kappa shape index (κ2) is 6.32. The van der Waals surface area contributed by atoms with Crippen LogP contribution in [-0.2, 0) is 17.8 Å². The quantitative estimate of drug-likeness (QED) is 0.937. The number of aromatic nitrogens is 2. The fourth-order valence-electron chi connectivity index (χ4n) is 3.31. The molecule has 1 N–H and O–H groups in total. The lowest BCUT2D eigenvalue weighted by Crippen LogP contribution is -2.43. The number of aryl methyl sites for hydroxylation is 1. The van der Waals surface area contributed by atoms with Crippen molar-refractivity contribution in [1.82, 2.24) is 20.2 Å². The lowest BCUT2D eigenvalue weighted by atomic mass is 9.99. The molecular weight excluding hydrogens is 300 g/mol. The van der Waals surface area contributed by atoms with Crippen LogP contribution in [-0.4, -0.2) is 33.4 Å². The predicted octanol–water partition coefficient (Wildman–Crippen LogP) is 2.16. The highest BCUT2D eigenvalue weighted by atomic mass is 16.2. The van der Waals surface area contributed by atoms with Crippen molar-refractivity contribution in [3.63, 3.8) is 0 Å². The van der Waals surface area contributed by atoms with E-state index in [9.17, 15) is 4.79 Å². The topological polar surface area (TPSA) is 58.1 Å². The van der Waals surface area contributed by atoms with Crippen LogP contribution in [0.15, 0.2) is 36.5 Å². The van der Waals surface area contributed by atoms with Gasteiger partial charge in [0.1, 0.15) is 11.9 Å². The van der Waals surface area contributed by atoms with Crippen LogP contribution in [0.5, 0.6) is 0 Å². The summed E-state index contributed by atoms with van der Waals surface area (Å²) in [5, 5.41) is 3.17. The van der Waals surface area contributed by atoms with Gasteiger partial charge in [0, 0.05) is 25.3 Å². The molecule has 124 valence electrons. The van der Waals surface area contributed by atoms with Gasteiger partial charge in [-0.1, -0.05) is 30.3 Å². The van der Waals surface area contributed by atoms with E-state index in [-0.39, 0.29) is 11.9 Å². The van der Waals surface area contributed by atoms with Gasteiger partial charge in [-0.25, -0.2) is 9.97 Å². The van der Waals surface area contributed by atoms with Crippen LogP contribution in [0, 0.1) is 6.92 Å². The van der Waals surface area contributed by atoms with Gasteiger partial charge in [-0.3, -0.25) is 9.69 Å². The number of nitrogens with one attached hydrogen (secondary N) is 1. The molecule has 2 aromatic rings. The van der Waals surface area contributed by atoms with Crippen LogP contribution >= 0.6 is 0 Å². The molecule has 1 aliphatic heterocycles. The average molecular weight is 322 g/mol. The zero-order chi connectivity index (χ0) is 16.5. The van der Waals surface area contributed by atoms with Crippen molar-refractivity contribution in [2.75, 3.05) is 6.54 Å². The SMILES string of the molecule is Cc1ncc2c(n1)CN([C@@H](C(=O)NC1CC1)c1ccccc1)CC2. The standard InChI is InChI=1S/C19H22N4O/c1-13-20-11-15-9-10-23(12-17(15)21-13)18(14-5-3-2-4-6-14)19(24)22-16-7-8-16/h2-6,11,16,18H,7-10,12H2,1H3,(H,22,24)/t18-/m1/s1. The number of carbonyl (C=O) groups excluding carboxylic acids is 1. The number of nitrogens with zero attached hydrogens (tertiary/aromatic N) is 3. The van der Waals surface area contributed by atoms with Crippen molar-refractivity contribution in [3.8, 4) is 0 Å². The first kappa shape index (κ1) is 15.3. The molecule has 2 heterocycles. The third kappa shape index (κ3) is 3.17. The Kier molecular flexibility index (Phi) is 4.02. The smallest absolute Gasteiger partial charge is 0.242 e. The Labute approximate surface area is 142 Å². The molecule has 1 atom stereocenters. The molecule has 1 aromatic heterocycles. The molecule has 1 saturated carbocycles. The molecule has 4 rings (SSSR count). The number of hydrogen-bond donors (Lipinski definition) is 1. The third-order valence-corrected chi connectivity index (χ3v) is 4.75. The summed E-state index contributed by atoms with van der Waals surface area (Å²) in [6, 6.07) is 10.2. The van der Waals surface area contributed by atoms with Gasteiger partial charge in [-0.05, 0) is 37.3 Å². The minimum atomic E-state index is -0.254. The first-order chi connectivity index (χ1) is 11.7. The van der Waals surface area contributed by atoms with Crippen molar-refractivity contribution >= 4 is 5.91 Å². The fourth-order valence-corrected chi connectivity index (χ4v) is 3.31. The molecule has 1 fully saturated rings. The van der Waals surface area contributed by atoms with Crippen molar-refractivity contribution < 1.29 is 4.79 Å². The minimum Gasteiger partial charge on any atom is -0.352 e. The van der Waals surface area contributed by atoms with E-state index >= 15 is 0 Å². The molecule has 0 spiro atoms. The number of rotatable bonds is 4. The Morgan fingerprint density at radius 3 is 2.83 bits per heavy atom. The number of hydrogen-bond acceptors (Lipinski definition) is 4. The molecule has 0 radical (unpaired) electrons. The van der Waals surface area contributed by atoms with E-state index in [4.69, 9.17) is 0 Å². The molecule has 5 nitrogen and oxygen atoms in total. The summed E-state index contributed by atoms with van der Waals surface area (Å²) < 4.78 is 0.